The summed E-state index contributed by atoms with van der Waals surface area (Å²) in [6.07, 6.45) is 9.04. The van der Waals surface area contributed by atoms with Crippen molar-refractivity contribution in [2.75, 3.05) is 11.9 Å². The lowest BCUT2D eigenvalue weighted by Crippen LogP contribution is -2.26. The van der Waals surface area contributed by atoms with Gasteiger partial charge in [0.2, 0.25) is 5.95 Å². The van der Waals surface area contributed by atoms with Crippen molar-refractivity contribution in [1.82, 2.24) is 9.97 Å². The van der Waals surface area contributed by atoms with Gasteiger partial charge in [0.05, 0.1) is 18.2 Å². The van der Waals surface area contributed by atoms with Crippen molar-refractivity contribution in [3.8, 4) is 0 Å². The van der Waals surface area contributed by atoms with Gasteiger partial charge >= 0.3 is 0 Å². The first-order chi connectivity index (χ1) is 9.21. The number of hydrogen-bond acceptors (Lipinski definition) is 4. The number of hydrogen-bond donors (Lipinski definition) is 1. The van der Waals surface area contributed by atoms with Gasteiger partial charge in [-0.15, -0.1) is 0 Å². The first kappa shape index (κ1) is 12.9. The van der Waals surface area contributed by atoms with Crippen molar-refractivity contribution in [2.45, 2.75) is 64.0 Å². The van der Waals surface area contributed by atoms with Crippen LogP contribution in [0.3, 0.4) is 0 Å². The van der Waals surface area contributed by atoms with Crippen molar-refractivity contribution in [3.63, 3.8) is 0 Å². The molecule has 1 aliphatic heterocycles. The molecule has 1 aliphatic carbocycles. The van der Waals surface area contributed by atoms with E-state index in [1.54, 1.807) is 0 Å². The molecule has 0 radical (unpaired) electrons. The van der Waals surface area contributed by atoms with E-state index in [0.29, 0.717) is 6.04 Å². The number of aryl methyl sites for hydroxylation is 2. The fraction of sp³-hybridized carbons (Fsp3) is 0.733. The van der Waals surface area contributed by atoms with Crippen LogP contribution in [0.4, 0.5) is 5.95 Å². The van der Waals surface area contributed by atoms with E-state index in [1.807, 2.05) is 6.20 Å². The predicted octanol–water partition coefficient (Wildman–Crippen LogP) is 2.86. The van der Waals surface area contributed by atoms with Gasteiger partial charge in [0.25, 0.3) is 0 Å². The van der Waals surface area contributed by atoms with Gasteiger partial charge in [-0.25, -0.2) is 9.97 Å². The minimum atomic E-state index is 0.163. The first-order valence-corrected chi connectivity index (χ1v) is 7.44. The van der Waals surface area contributed by atoms with Gasteiger partial charge in [-0.3, -0.25) is 0 Å². The van der Waals surface area contributed by atoms with Crippen LogP contribution in [0.5, 0.6) is 0 Å². The minimum Gasteiger partial charge on any atom is -0.373 e. The van der Waals surface area contributed by atoms with E-state index in [4.69, 9.17) is 4.74 Å². The van der Waals surface area contributed by atoms with E-state index in [-0.39, 0.29) is 5.60 Å². The molecule has 0 aromatic carbocycles. The molecule has 2 fully saturated rings. The molecule has 0 bridgehead atoms. The topological polar surface area (TPSA) is 47.0 Å². The fourth-order valence-corrected chi connectivity index (χ4v) is 3.39. The molecule has 4 heteroatoms. The molecule has 104 valence electrons. The monoisotopic (exact) mass is 261 g/mol. The normalized spacial score (nSPS) is 25.1. The van der Waals surface area contributed by atoms with Gasteiger partial charge in [-0.1, -0.05) is 19.8 Å². The molecule has 2 heterocycles. The van der Waals surface area contributed by atoms with E-state index in [2.05, 4.69) is 29.1 Å². The summed E-state index contributed by atoms with van der Waals surface area (Å²) in [5, 5.41) is 3.45. The molecule has 19 heavy (non-hydrogen) atoms. The molecule has 1 atom stereocenters. The van der Waals surface area contributed by atoms with E-state index in [0.717, 1.165) is 31.1 Å². The lowest BCUT2D eigenvalue weighted by atomic mass is 9.96. The van der Waals surface area contributed by atoms with Crippen LogP contribution in [0.2, 0.25) is 0 Å². The maximum absolute atomic E-state index is 6.05. The Morgan fingerprint density at radius 2 is 2.21 bits per heavy atom. The zero-order valence-corrected chi connectivity index (χ0v) is 11.9. The summed E-state index contributed by atoms with van der Waals surface area (Å²) >= 11 is 0. The van der Waals surface area contributed by atoms with Crippen LogP contribution < -0.4 is 5.32 Å². The van der Waals surface area contributed by atoms with Gasteiger partial charge < -0.3 is 10.1 Å². The molecule has 1 saturated heterocycles. The second kappa shape index (κ2) is 5.08. The second-order valence-corrected chi connectivity index (χ2v) is 5.92. The zero-order valence-electron chi connectivity index (χ0n) is 11.9. The number of anilines is 1. The average Bonchev–Trinajstić information content (AvgIpc) is 3.03. The SMILES string of the molecule is CCc1nc(N[C@@H]2COC3(CCCC3)C2)ncc1C. The third kappa shape index (κ3) is 2.59. The van der Waals surface area contributed by atoms with Crippen LogP contribution in [-0.4, -0.2) is 28.2 Å². The Morgan fingerprint density at radius 3 is 2.95 bits per heavy atom. The van der Waals surface area contributed by atoms with E-state index in [9.17, 15) is 0 Å². The van der Waals surface area contributed by atoms with Gasteiger partial charge in [0, 0.05) is 11.9 Å². The highest BCUT2D eigenvalue weighted by atomic mass is 16.5. The number of ether oxygens (including phenoxy) is 1. The van der Waals surface area contributed by atoms with E-state index < -0.39 is 0 Å². The minimum absolute atomic E-state index is 0.163. The Balaban J connectivity index is 1.66. The third-order valence-corrected chi connectivity index (χ3v) is 4.47. The lowest BCUT2D eigenvalue weighted by Gasteiger charge is -2.21. The first-order valence-electron chi connectivity index (χ1n) is 7.44. The summed E-state index contributed by atoms with van der Waals surface area (Å²) in [7, 11) is 0. The number of rotatable bonds is 3. The van der Waals surface area contributed by atoms with Gasteiger partial charge in [0.1, 0.15) is 0 Å². The highest BCUT2D eigenvalue weighted by Gasteiger charge is 2.42. The Kier molecular flexibility index (Phi) is 3.44. The molecule has 2 aliphatic rings. The van der Waals surface area contributed by atoms with Crippen molar-refractivity contribution in [3.05, 3.63) is 17.5 Å². The van der Waals surface area contributed by atoms with Crippen LogP contribution in [0.15, 0.2) is 6.20 Å². The predicted molar refractivity (Wildman–Crippen MR) is 75.3 cm³/mol. The summed E-state index contributed by atoms with van der Waals surface area (Å²) in [4.78, 5) is 8.98. The highest BCUT2D eigenvalue weighted by Crippen LogP contribution is 2.41. The Morgan fingerprint density at radius 1 is 1.42 bits per heavy atom. The second-order valence-electron chi connectivity index (χ2n) is 5.92. The zero-order chi connectivity index (χ0) is 13.3. The molecule has 4 nitrogen and oxygen atoms in total. The average molecular weight is 261 g/mol. The summed E-state index contributed by atoms with van der Waals surface area (Å²) < 4.78 is 6.05. The van der Waals surface area contributed by atoms with Crippen LogP contribution in [-0.2, 0) is 11.2 Å². The van der Waals surface area contributed by atoms with Gasteiger partial charge in [-0.05, 0) is 38.2 Å². The van der Waals surface area contributed by atoms with Crippen molar-refractivity contribution in [1.29, 1.82) is 0 Å². The Labute approximate surface area is 115 Å². The van der Waals surface area contributed by atoms with Crippen LogP contribution >= 0.6 is 0 Å². The summed E-state index contributed by atoms with van der Waals surface area (Å²) in [6.45, 7) is 4.98. The quantitative estimate of drug-likeness (QED) is 0.909. The lowest BCUT2D eigenvalue weighted by molar-refractivity contribution is 0.0103. The molecule has 1 N–H and O–H groups in total. The molecule has 0 unspecified atom stereocenters. The van der Waals surface area contributed by atoms with Gasteiger partial charge in [0.15, 0.2) is 0 Å². The number of aromatic nitrogens is 2. The molecular formula is C15H23N3O. The molecule has 3 rings (SSSR count). The van der Waals surface area contributed by atoms with Crippen molar-refractivity contribution >= 4 is 5.95 Å². The smallest absolute Gasteiger partial charge is 0.223 e. The van der Waals surface area contributed by atoms with E-state index >= 15 is 0 Å². The molecule has 1 saturated carbocycles. The molecule has 0 amide bonds. The van der Waals surface area contributed by atoms with E-state index in [1.165, 1.54) is 31.2 Å². The summed E-state index contributed by atoms with van der Waals surface area (Å²) in [5.41, 5.74) is 2.46. The molecule has 1 aromatic rings. The van der Waals surface area contributed by atoms with Gasteiger partial charge in [-0.2, -0.15) is 0 Å². The Hall–Kier alpha value is -1.16. The Bertz CT molecular complexity index is 455. The molecule has 1 spiro atoms. The van der Waals surface area contributed by atoms with Crippen molar-refractivity contribution in [2.24, 2.45) is 0 Å². The number of nitrogens with zero attached hydrogens (tertiary/aromatic N) is 2. The fourth-order valence-electron chi connectivity index (χ4n) is 3.39. The summed E-state index contributed by atoms with van der Waals surface area (Å²) in [6, 6.07) is 0.366. The molecule has 1 aromatic heterocycles. The summed E-state index contributed by atoms with van der Waals surface area (Å²) in [5.74, 6) is 0.756. The highest BCUT2D eigenvalue weighted by molar-refractivity contribution is 5.31. The number of nitrogens with one attached hydrogen (secondary N) is 1. The largest absolute Gasteiger partial charge is 0.373 e. The molecular weight excluding hydrogens is 238 g/mol. The maximum Gasteiger partial charge on any atom is 0.223 e. The maximum atomic E-state index is 6.05. The third-order valence-electron chi connectivity index (χ3n) is 4.47. The van der Waals surface area contributed by atoms with Crippen LogP contribution in [0.1, 0.15) is 50.3 Å². The van der Waals surface area contributed by atoms with Crippen LogP contribution in [0.25, 0.3) is 0 Å². The van der Waals surface area contributed by atoms with Crippen LogP contribution in [0, 0.1) is 6.92 Å². The standard InChI is InChI=1S/C15H23N3O/c1-3-13-11(2)9-16-14(18-13)17-12-8-15(19-10-12)6-4-5-7-15/h9,12H,3-8,10H2,1-2H3,(H,16,17,18)/t12-/m0/s1. The van der Waals surface area contributed by atoms with Crippen molar-refractivity contribution < 1.29 is 4.74 Å².